The Bertz CT molecular complexity index is 745. The largest absolute Gasteiger partial charge is 0.450 e. The summed E-state index contributed by atoms with van der Waals surface area (Å²) in [4.78, 5) is 13.9. The van der Waals surface area contributed by atoms with E-state index in [9.17, 15) is 9.90 Å². The van der Waals surface area contributed by atoms with Crippen LogP contribution >= 0.6 is 0 Å². The van der Waals surface area contributed by atoms with Crippen LogP contribution in [0.3, 0.4) is 0 Å². The van der Waals surface area contributed by atoms with Crippen molar-refractivity contribution in [2.45, 2.75) is 51.6 Å². The lowest BCUT2D eigenvalue weighted by atomic mass is 9.73. The van der Waals surface area contributed by atoms with Gasteiger partial charge in [-0.05, 0) is 31.4 Å². The van der Waals surface area contributed by atoms with Crippen LogP contribution in [0.1, 0.15) is 57.0 Å². The molecular formula is C22H31NO3. The molecule has 4 heteroatoms. The summed E-state index contributed by atoms with van der Waals surface area (Å²) in [5.74, 6) is 4.35. The molecule has 0 bridgehead atoms. The molecule has 1 aliphatic carbocycles. The highest BCUT2D eigenvalue weighted by Crippen LogP contribution is 2.40. The van der Waals surface area contributed by atoms with E-state index in [1.165, 1.54) is 13.8 Å². The Kier molecular flexibility index (Phi) is 6.07. The maximum Gasteiger partial charge on any atom is 0.344 e. The molecule has 0 amide bonds. The predicted octanol–water partition coefficient (Wildman–Crippen LogP) is 3.34. The van der Waals surface area contributed by atoms with Crippen LogP contribution < -0.4 is 0 Å². The van der Waals surface area contributed by atoms with Crippen molar-refractivity contribution in [2.24, 2.45) is 5.92 Å². The number of carbonyl (C=O) groups is 1. The van der Waals surface area contributed by atoms with E-state index in [1.54, 1.807) is 24.3 Å². The van der Waals surface area contributed by atoms with Gasteiger partial charge in [0, 0.05) is 11.4 Å². The molecule has 0 unspecified atom stereocenters. The molecular weight excluding hydrogens is 326 g/mol. The Balaban J connectivity index is 2.08. The lowest BCUT2D eigenvalue weighted by Crippen LogP contribution is -2.45. The monoisotopic (exact) mass is 361 g/mol. The number of aliphatic hydroxyl groups is 1. The zero-order valence-electron chi connectivity index (χ0n) is 19.6. The van der Waals surface area contributed by atoms with E-state index in [2.05, 4.69) is 11.8 Å². The standard InChI is InChI=1S/C22H31NO3/c1-3-23(4-2)17-11-12-18-26-21(24)22(25,19-13-7-5-8-14-19)20-15-9-6-10-16-20/h5,7-8,13-14,20,25H,3-4,6,9-10,15-18H2,1-2H3/t22-/m0/s1/i3D2,4D2. The fourth-order valence-corrected chi connectivity index (χ4v) is 3.40. The third kappa shape index (κ3) is 5.09. The van der Waals surface area contributed by atoms with E-state index in [1.807, 2.05) is 6.07 Å². The van der Waals surface area contributed by atoms with E-state index in [0.717, 1.165) is 37.0 Å². The summed E-state index contributed by atoms with van der Waals surface area (Å²) in [6, 6.07) is 8.84. The van der Waals surface area contributed by atoms with Gasteiger partial charge in [0.25, 0.3) is 0 Å². The molecule has 4 nitrogen and oxygen atoms in total. The van der Waals surface area contributed by atoms with Crippen molar-refractivity contribution >= 4 is 5.97 Å². The third-order valence-electron chi connectivity index (χ3n) is 4.90. The topological polar surface area (TPSA) is 49.8 Å². The second-order valence-electron chi connectivity index (χ2n) is 6.43. The lowest BCUT2D eigenvalue weighted by molar-refractivity contribution is -0.174. The Morgan fingerprint density at radius 3 is 2.50 bits per heavy atom. The molecule has 0 aromatic heterocycles. The Hall–Kier alpha value is -1.83. The molecule has 1 saturated carbocycles. The van der Waals surface area contributed by atoms with Gasteiger partial charge >= 0.3 is 5.97 Å². The van der Waals surface area contributed by atoms with Crippen LogP contribution in [-0.2, 0) is 15.1 Å². The van der Waals surface area contributed by atoms with Crippen LogP contribution in [-0.4, -0.2) is 42.1 Å². The van der Waals surface area contributed by atoms with Gasteiger partial charge in [-0.1, -0.05) is 75.3 Å². The van der Waals surface area contributed by atoms with Gasteiger partial charge in [0.05, 0.1) is 6.54 Å². The zero-order chi connectivity index (χ0) is 22.4. The minimum atomic E-state index is -1.89. The van der Waals surface area contributed by atoms with Crippen molar-refractivity contribution in [2.75, 3.05) is 26.1 Å². The maximum absolute atomic E-state index is 12.9. The van der Waals surface area contributed by atoms with Crippen LogP contribution in [0.5, 0.6) is 0 Å². The van der Waals surface area contributed by atoms with Gasteiger partial charge in [0.2, 0.25) is 0 Å². The molecule has 1 fully saturated rings. The van der Waals surface area contributed by atoms with Crippen LogP contribution in [0.25, 0.3) is 0 Å². The van der Waals surface area contributed by atoms with Gasteiger partial charge in [-0.25, -0.2) is 4.79 Å². The average Bonchev–Trinajstić information content (AvgIpc) is 2.69. The molecule has 142 valence electrons. The van der Waals surface area contributed by atoms with Crippen molar-refractivity contribution in [1.29, 1.82) is 0 Å². The molecule has 0 spiro atoms. The minimum Gasteiger partial charge on any atom is -0.450 e. The second-order valence-corrected chi connectivity index (χ2v) is 6.43. The molecule has 1 aliphatic rings. The summed E-state index contributed by atoms with van der Waals surface area (Å²) >= 11 is 0. The number of carbonyl (C=O) groups excluding carboxylic acids is 1. The Morgan fingerprint density at radius 2 is 1.88 bits per heavy atom. The second kappa shape index (κ2) is 10.4. The van der Waals surface area contributed by atoms with E-state index >= 15 is 0 Å². The Labute approximate surface area is 163 Å². The minimum absolute atomic E-state index is 0.157. The average molecular weight is 362 g/mol. The molecule has 1 aromatic carbocycles. The first-order valence-corrected chi connectivity index (χ1v) is 9.16. The van der Waals surface area contributed by atoms with E-state index in [0.29, 0.717) is 5.56 Å². The van der Waals surface area contributed by atoms with Crippen molar-refractivity contribution in [3.05, 3.63) is 35.9 Å². The number of hydrogen-bond donors (Lipinski definition) is 1. The molecule has 26 heavy (non-hydrogen) atoms. The molecule has 2 rings (SSSR count). The van der Waals surface area contributed by atoms with Gasteiger partial charge in [0.15, 0.2) is 12.2 Å². The quantitative estimate of drug-likeness (QED) is 0.598. The van der Waals surface area contributed by atoms with Crippen LogP contribution in [0.15, 0.2) is 30.3 Å². The zero-order valence-corrected chi connectivity index (χ0v) is 15.6. The van der Waals surface area contributed by atoms with E-state index in [-0.39, 0.29) is 19.1 Å². The van der Waals surface area contributed by atoms with Gasteiger partial charge in [-0.15, -0.1) is 0 Å². The smallest absolute Gasteiger partial charge is 0.344 e. The van der Waals surface area contributed by atoms with Crippen molar-refractivity contribution in [3.8, 4) is 11.8 Å². The number of nitrogens with zero attached hydrogens (tertiary/aromatic N) is 1. The number of ether oxygens (including phenoxy) is 1. The highest BCUT2D eigenvalue weighted by Gasteiger charge is 2.46. The SMILES string of the molecule is [2H]C([2H])(C)N(CC#CCOC(=O)[C@](O)(c1ccccc1)C1CCCCC1)C([2H])([2H])C. The summed E-state index contributed by atoms with van der Waals surface area (Å²) in [5, 5.41) is 11.4. The summed E-state index contributed by atoms with van der Waals surface area (Å²) in [5.41, 5.74) is -1.21. The summed E-state index contributed by atoms with van der Waals surface area (Å²) < 4.78 is 36.3. The Morgan fingerprint density at radius 1 is 1.23 bits per heavy atom. The van der Waals surface area contributed by atoms with Crippen LogP contribution in [0.4, 0.5) is 0 Å². The fraction of sp³-hybridized carbons (Fsp3) is 0.591. The maximum atomic E-state index is 12.9. The van der Waals surface area contributed by atoms with Gasteiger partial charge in [-0.2, -0.15) is 0 Å². The summed E-state index contributed by atoms with van der Waals surface area (Å²) in [6.45, 7) is -1.67. The van der Waals surface area contributed by atoms with Crippen LogP contribution in [0.2, 0.25) is 0 Å². The molecule has 1 aromatic rings. The first kappa shape index (κ1) is 15.2. The number of benzene rings is 1. The molecule has 0 heterocycles. The van der Waals surface area contributed by atoms with Crippen molar-refractivity contribution in [3.63, 3.8) is 0 Å². The number of hydrogen-bond acceptors (Lipinski definition) is 4. The van der Waals surface area contributed by atoms with Crippen LogP contribution in [0, 0.1) is 17.8 Å². The normalized spacial score (nSPS) is 20.6. The van der Waals surface area contributed by atoms with Gasteiger partial charge in [-0.3, -0.25) is 4.90 Å². The molecule has 0 aliphatic heterocycles. The lowest BCUT2D eigenvalue weighted by Gasteiger charge is -2.36. The molecule has 0 radical (unpaired) electrons. The number of esters is 1. The number of rotatable bonds is 7. The van der Waals surface area contributed by atoms with E-state index < -0.39 is 24.6 Å². The highest BCUT2D eigenvalue weighted by molar-refractivity contribution is 5.81. The highest BCUT2D eigenvalue weighted by atomic mass is 16.5. The van der Waals surface area contributed by atoms with E-state index in [4.69, 9.17) is 10.2 Å². The van der Waals surface area contributed by atoms with Gasteiger partial charge < -0.3 is 9.84 Å². The van der Waals surface area contributed by atoms with Gasteiger partial charge in [0.1, 0.15) is 0 Å². The summed E-state index contributed by atoms with van der Waals surface area (Å²) in [6.07, 6.45) is 4.51. The van der Waals surface area contributed by atoms with Crippen molar-refractivity contribution < 1.29 is 20.1 Å². The summed E-state index contributed by atoms with van der Waals surface area (Å²) in [7, 11) is 0. The fourth-order valence-electron chi connectivity index (χ4n) is 3.40. The first-order valence-electron chi connectivity index (χ1n) is 11.2. The third-order valence-corrected chi connectivity index (χ3v) is 4.90. The molecule has 1 atom stereocenters. The molecule has 0 saturated heterocycles. The first-order chi connectivity index (χ1) is 14.0. The predicted molar refractivity (Wildman–Crippen MR) is 103 cm³/mol. The van der Waals surface area contributed by atoms with Crippen molar-refractivity contribution in [1.82, 2.24) is 4.90 Å². The molecule has 1 N–H and O–H groups in total.